The molecule has 2 unspecified atom stereocenters. The third-order valence-electron chi connectivity index (χ3n) is 3.87. The SMILES string of the molecule is CCNC(Cc1cccc(C(F)(F)F)c1)CC1CCOC1. The molecule has 1 fully saturated rings. The van der Waals surface area contributed by atoms with Crippen molar-refractivity contribution in [3.05, 3.63) is 35.4 Å². The van der Waals surface area contributed by atoms with Gasteiger partial charge in [0.05, 0.1) is 5.56 Å². The molecule has 21 heavy (non-hydrogen) atoms. The number of ether oxygens (including phenoxy) is 1. The van der Waals surface area contributed by atoms with E-state index >= 15 is 0 Å². The Balaban J connectivity index is 2.01. The minimum atomic E-state index is -4.27. The smallest absolute Gasteiger partial charge is 0.381 e. The quantitative estimate of drug-likeness (QED) is 0.866. The van der Waals surface area contributed by atoms with Crippen LogP contribution in [0.15, 0.2) is 24.3 Å². The fraction of sp³-hybridized carbons (Fsp3) is 0.625. The van der Waals surface area contributed by atoms with Gasteiger partial charge in [-0.2, -0.15) is 13.2 Å². The number of nitrogens with one attached hydrogen (secondary N) is 1. The third-order valence-corrected chi connectivity index (χ3v) is 3.87. The van der Waals surface area contributed by atoms with E-state index in [-0.39, 0.29) is 6.04 Å². The summed E-state index contributed by atoms with van der Waals surface area (Å²) in [5.74, 6) is 0.514. The van der Waals surface area contributed by atoms with E-state index in [1.807, 2.05) is 6.92 Å². The van der Waals surface area contributed by atoms with Gasteiger partial charge in [0.2, 0.25) is 0 Å². The lowest BCUT2D eigenvalue weighted by Crippen LogP contribution is -2.33. The number of halogens is 3. The summed E-state index contributed by atoms with van der Waals surface area (Å²) in [6.07, 6.45) is -1.66. The van der Waals surface area contributed by atoms with E-state index in [9.17, 15) is 13.2 Å². The van der Waals surface area contributed by atoms with Crippen molar-refractivity contribution in [2.24, 2.45) is 5.92 Å². The van der Waals surface area contributed by atoms with Gasteiger partial charge in [0, 0.05) is 19.3 Å². The van der Waals surface area contributed by atoms with Crippen LogP contribution in [0.25, 0.3) is 0 Å². The number of benzene rings is 1. The molecule has 0 spiro atoms. The predicted octanol–water partition coefficient (Wildman–Crippen LogP) is 3.65. The van der Waals surface area contributed by atoms with Crippen molar-refractivity contribution >= 4 is 0 Å². The van der Waals surface area contributed by atoms with Crippen molar-refractivity contribution in [2.45, 2.75) is 38.4 Å². The number of alkyl halides is 3. The first-order chi connectivity index (χ1) is 9.99. The van der Waals surface area contributed by atoms with Crippen molar-refractivity contribution in [3.8, 4) is 0 Å². The summed E-state index contributed by atoms with van der Waals surface area (Å²) in [5.41, 5.74) is 0.161. The van der Waals surface area contributed by atoms with Crippen LogP contribution in [0.1, 0.15) is 30.9 Å². The van der Waals surface area contributed by atoms with Gasteiger partial charge in [-0.1, -0.05) is 25.1 Å². The van der Waals surface area contributed by atoms with Gasteiger partial charge in [0.15, 0.2) is 0 Å². The lowest BCUT2D eigenvalue weighted by molar-refractivity contribution is -0.137. The molecule has 0 aliphatic carbocycles. The second-order valence-corrected chi connectivity index (χ2v) is 5.62. The first-order valence-corrected chi connectivity index (χ1v) is 7.46. The second-order valence-electron chi connectivity index (χ2n) is 5.62. The zero-order chi connectivity index (χ0) is 15.3. The molecule has 1 aromatic carbocycles. The predicted molar refractivity (Wildman–Crippen MR) is 76.2 cm³/mol. The molecule has 0 bridgehead atoms. The Hall–Kier alpha value is -1.07. The minimum absolute atomic E-state index is 0.199. The normalized spacial score (nSPS) is 20.7. The molecule has 1 saturated heterocycles. The fourth-order valence-electron chi connectivity index (χ4n) is 2.86. The molecule has 1 heterocycles. The lowest BCUT2D eigenvalue weighted by Gasteiger charge is -2.21. The molecule has 1 aliphatic heterocycles. The Morgan fingerprint density at radius 2 is 2.19 bits per heavy atom. The van der Waals surface area contributed by atoms with Crippen LogP contribution in [0.4, 0.5) is 13.2 Å². The van der Waals surface area contributed by atoms with Crippen LogP contribution in [-0.4, -0.2) is 25.8 Å². The van der Waals surface area contributed by atoms with Gasteiger partial charge >= 0.3 is 6.18 Å². The molecule has 5 heteroatoms. The van der Waals surface area contributed by atoms with Crippen molar-refractivity contribution in [2.75, 3.05) is 19.8 Å². The zero-order valence-electron chi connectivity index (χ0n) is 12.2. The number of hydrogen-bond acceptors (Lipinski definition) is 2. The first-order valence-electron chi connectivity index (χ1n) is 7.46. The maximum absolute atomic E-state index is 12.7. The summed E-state index contributed by atoms with van der Waals surface area (Å²) in [4.78, 5) is 0. The van der Waals surface area contributed by atoms with Gasteiger partial charge in [-0.15, -0.1) is 0 Å². The molecule has 1 N–H and O–H groups in total. The summed E-state index contributed by atoms with van der Waals surface area (Å²) >= 11 is 0. The molecule has 1 aromatic rings. The standard InChI is InChI=1S/C16H22F3NO/c1-2-20-15(10-13-6-7-21-11-13)9-12-4-3-5-14(8-12)16(17,18)19/h3-5,8,13,15,20H,2,6-7,9-11H2,1H3. The van der Waals surface area contributed by atoms with Gasteiger partial charge in [0.25, 0.3) is 0 Å². The van der Waals surface area contributed by atoms with E-state index in [4.69, 9.17) is 4.74 Å². The molecule has 2 atom stereocenters. The summed E-state index contributed by atoms with van der Waals surface area (Å²) in [6, 6.07) is 5.83. The average Bonchev–Trinajstić information content (AvgIpc) is 2.91. The maximum Gasteiger partial charge on any atom is 0.416 e. The molecule has 0 saturated carbocycles. The van der Waals surface area contributed by atoms with E-state index in [1.54, 1.807) is 6.07 Å². The van der Waals surface area contributed by atoms with Gasteiger partial charge in [-0.25, -0.2) is 0 Å². The van der Waals surface area contributed by atoms with E-state index in [0.29, 0.717) is 12.3 Å². The van der Waals surface area contributed by atoms with Crippen LogP contribution >= 0.6 is 0 Å². The van der Waals surface area contributed by atoms with Gasteiger partial charge in [-0.3, -0.25) is 0 Å². The highest BCUT2D eigenvalue weighted by atomic mass is 19.4. The summed E-state index contributed by atoms with van der Waals surface area (Å²) < 4.78 is 43.6. The van der Waals surface area contributed by atoms with Crippen molar-refractivity contribution in [1.82, 2.24) is 5.32 Å². The topological polar surface area (TPSA) is 21.3 Å². The Morgan fingerprint density at radius 1 is 1.38 bits per heavy atom. The zero-order valence-corrected chi connectivity index (χ0v) is 12.2. The minimum Gasteiger partial charge on any atom is -0.381 e. The van der Waals surface area contributed by atoms with Crippen molar-refractivity contribution in [3.63, 3.8) is 0 Å². The van der Waals surface area contributed by atoms with Gasteiger partial charge < -0.3 is 10.1 Å². The molecule has 118 valence electrons. The van der Waals surface area contributed by atoms with Crippen LogP contribution in [0, 0.1) is 5.92 Å². The Morgan fingerprint density at radius 3 is 2.81 bits per heavy atom. The number of likely N-dealkylation sites (N-methyl/N-ethyl adjacent to an activating group) is 1. The number of hydrogen-bond donors (Lipinski definition) is 1. The maximum atomic E-state index is 12.7. The monoisotopic (exact) mass is 301 g/mol. The van der Waals surface area contributed by atoms with E-state index in [0.717, 1.165) is 44.2 Å². The molecular formula is C16H22F3NO. The van der Waals surface area contributed by atoms with E-state index in [1.165, 1.54) is 12.1 Å². The highest BCUT2D eigenvalue weighted by Crippen LogP contribution is 2.30. The van der Waals surface area contributed by atoms with Crippen molar-refractivity contribution < 1.29 is 17.9 Å². The molecule has 1 aliphatic rings. The van der Waals surface area contributed by atoms with E-state index in [2.05, 4.69) is 5.32 Å². The van der Waals surface area contributed by atoms with Crippen LogP contribution in [0.3, 0.4) is 0 Å². The van der Waals surface area contributed by atoms with Crippen LogP contribution in [-0.2, 0) is 17.3 Å². The van der Waals surface area contributed by atoms with E-state index < -0.39 is 11.7 Å². The van der Waals surface area contributed by atoms with Crippen molar-refractivity contribution in [1.29, 1.82) is 0 Å². The summed E-state index contributed by atoms with van der Waals surface area (Å²) in [6.45, 7) is 4.40. The Bertz CT molecular complexity index is 441. The lowest BCUT2D eigenvalue weighted by atomic mass is 9.94. The first kappa shape index (κ1) is 16.3. The van der Waals surface area contributed by atoms with Gasteiger partial charge in [-0.05, 0) is 43.4 Å². The molecular weight excluding hydrogens is 279 g/mol. The largest absolute Gasteiger partial charge is 0.416 e. The molecule has 2 nitrogen and oxygen atoms in total. The molecule has 0 aromatic heterocycles. The van der Waals surface area contributed by atoms with Crippen LogP contribution in [0.5, 0.6) is 0 Å². The average molecular weight is 301 g/mol. The summed E-state index contributed by atoms with van der Waals surface area (Å²) in [5, 5.41) is 3.38. The van der Waals surface area contributed by atoms with Crippen LogP contribution in [0.2, 0.25) is 0 Å². The Labute approximate surface area is 123 Å². The Kier molecular flexibility index (Phi) is 5.65. The molecule has 0 amide bonds. The van der Waals surface area contributed by atoms with Gasteiger partial charge in [0.1, 0.15) is 0 Å². The fourth-order valence-corrected chi connectivity index (χ4v) is 2.86. The second kappa shape index (κ2) is 7.27. The molecule has 0 radical (unpaired) electrons. The highest BCUT2D eigenvalue weighted by molar-refractivity contribution is 5.26. The third kappa shape index (κ3) is 5.00. The number of rotatable bonds is 6. The summed E-state index contributed by atoms with van der Waals surface area (Å²) in [7, 11) is 0. The van der Waals surface area contributed by atoms with Crippen LogP contribution < -0.4 is 5.32 Å². The molecule has 2 rings (SSSR count). The highest BCUT2D eigenvalue weighted by Gasteiger charge is 2.30.